The lowest BCUT2D eigenvalue weighted by Crippen LogP contribution is -2.24. The van der Waals surface area contributed by atoms with Crippen LogP contribution in [0.4, 0.5) is 0 Å². The molecule has 1 heterocycles. The second-order valence-electron chi connectivity index (χ2n) is 5.82. The summed E-state index contributed by atoms with van der Waals surface area (Å²) in [5, 5.41) is 7.14. The molecule has 0 saturated carbocycles. The maximum Gasteiger partial charge on any atom is 0.224 e. The summed E-state index contributed by atoms with van der Waals surface area (Å²) in [6, 6.07) is 17.8. The zero-order valence-corrected chi connectivity index (χ0v) is 14.2. The highest BCUT2D eigenvalue weighted by Gasteiger charge is 2.04. The number of rotatable bonds is 7. The van der Waals surface area contributed by atoms with Gasteiger partial charge in [-0.3, -0.25) is 4.79 Å². The Kier molecular flexibility index (Phi) is 5.59. The number of amides is 1. The van der Waals surface area contributed by atoms with Crippen LogP contribution in [0.1, 0.15) is 16.7 Å². The number of carbonyl (C=O) groups excluding carboxylic acids is 1. The van der Waals surface area contributed by atoms with Gasteiger partial charge in [0.05, 0.1) is 18.7 Å². The third kappa shape index (κ3) is 4.78. The van der Waals surface area contributed by atoms with Crippen LogP contribution in [0.15, 0.2) is 67.0 Å². The van der Waals surface area contributed by atoms with Crippen molar-refractivity contribution in [3.63, 3.8) is 0 Å². The summed E-state index contributed by atoms with van der Waals surface area (Å²) in [6.45, 7) is 1.12. The maximum atomic E-state index is 12.1. The van der Waals surface area contributed by atoms with E-state index >= 15 is 0 Å². The number of benzene rings is 2. The van der Waals surface area contributed by atoms with E-state index in [1.165, 1.54) is 0 Å². The van der Waals surface area contributed by atoms with Crippen LogP contribution in [-0.2, 0) is 29.1 Å². The number of nitrogens with one attached hydrogen (secondary N) is 1. The zero-order chi connectivity index (χ0) is 17.5. The van der Waals surface area contributed by atoms with Gasteiger partial charge in [0, 0.05) is 26.0 Å². The predicted octanol–water partition coefficient (Wildman–Crippen LogP) is 2.88. The van der Waals surface area contributed by atoms with Crippen molar-refractivity contribution >= 4 is 5.91 Å². The van der Waals surface area contributed by atoms with Gasteiger partial charge in [-0.1, -0.05) is 36.4 Å². The minimum Gasteiger partial charge on any atom is -0.380 e. The van der Waals surface area contributed by atoms with Crippen LogP contribution in [0.2, 0.25) is 0 Å². The Labute approximate surface area is 147 Å². The molecular weight excluding hydrogens is 314 g/mol. The Morgan fingerprint density at radius 3 is 2.36 bits per heavy atom. The molecule has 3 rings (SSSR count). The quantitative estimate of drug-likeness (QED) is 0.722. The Bertz CT molecular complexity index is 794. The Hall–Kier alpha value is -2.92. The molecule has 0 aliphatic rings. The SMILES string of the molecule is COCc1ccc(CNC(=O)Cc2ccc(-n3cccn3)cc2)cc1. The minimum absolute atomic E-state index is 0.00723. The van der Waals surface area contributed by atoms with Gasteiger partial charge in [-0.05, 0) is 34.9 Å². The van der Waals surface area contributed by atoms with Crippen LogP contribution in [0.5, 0.6) is 0 Å². The molecule has 5 heteroatoms. The summed E-state index contributed by atoms with van der Waals surface area (Å²) >= 11 is 0. The first-order valence-corrected chi connectivity index (χ1v) is 8.17. The van der Waals surface area contributed by atoms with Gasteiger partial charge in [0.15, 0.2) is 0 Å². The van der Waals surface area contributed by atoms with Crippen LogP contribution in [0, 0.1) is 0 Å². The highest BCUT2D eigenvalue weighted by atomic mass is 16.5. The molecule has 0 radical (unpaired) electrons. The largest absolute Gasteiger partial charge is 0.380 e. The van der Waals surface area contributed by atoms with Crippen molar-refractivity contribution in [2.45, 2.75) is 19.6 Å². The van der Waals surface area contributed by atoms with E-state index in [2.05, 4.69) is 10.4 Å². The van der Waals surface area contributed by atoms with E-state index in [0.29, 0.717) is 19.6 Å². The molecule has 0 aliphatic carbocycles. The lowest BCUT2D eigenvalue weighted by Gasteiger charge is -2.07. The number of nitrogens with zero attached hydrogens (tertiary/aromatic N) is 2. The van der Waals surface area contributed by atoms with Crippen molar-refractivity contribution in [1.29, 1.82) is 0 Å². The second-order valence-corrected chi connectivity index (χ2v) is 5.82. The van der Waals surface area contributed by atoms with Crippen LogP contribution in [0.3, 0.4) is 0 Å². The highest BCUT2D eigenvalue weighted by molar-refractivity contribution is 5.78. The number of hydrogen-bond donors (Lipinski definition) is 1. The van der Waals surface area contributed by atoms with E-state index in [1.54, 1.807) is 18.0 Å². The fourth-order valence-electron chi connectivity index (χ4n) is 2.56. The fraction of sp³-hybridized carbons (Fsp3) is 0.200. The monoisotopic (exact) mass is 335 g/mol. The van der Waals surface area contributed by atoms with Crippen molar-refractivity contribution in [3.05, 3.63) is 83.7 Å². The summed E-state index contributed by atoms with van der Waals surface area (Å²) < 4.78 is 6.88. The molecule has 3 aromatic rings. The fourth-order valence-corrected chi connectivity index (χ4v) is 2.56. The number of hydrogen-bond acceptors (Lipinski definition) is 3. The second kappa shape index (κ2) is 8.26. The minimum atomic E-state index is 0.00723. The molecule has 0 unspecified atom stereocenters. The zero-order valence-electron chi connectivity index (χ0n) is 14.2. The third-order valence-electron chi connectivity index (χ3n) is 3.89. The molecule has 128 valence electrons. The van der Waals surface area contributed by atoms with Crippen molar-refractivity contribution in [1.82, 2.24) is 15.1 Å². The Morgan fingerprint density at radius 1 is 1.04 bits per heavy atom. The van der Waals surface area contributed by atoms with Crippen LogP contribution >= 0.6 is 0 Å². The molecule has 0 saturated heterocycles. The van der Waals surface area contributed by atoms with E-state index in [0.717, 1.165) is 22.4 Å². The lowest BCUT2D eigenvalue weighted by atomic mass is 10.1. The molecule has 1 N–H and O–H groups in total. The Balaban J connectivity index is 1.50. The molecular formula is C20H21N3O2. The topological polar surface area (TPSA) is 56.1 Å². The molecule has 2 aromatic carbocycles. The van der Waals surface area contributed by atoms with Crippen LogP contribution in [0.25, 0.3) is 5.69 Å². The van der Waals surface area contributed by atoms with Gasteiger partial charge in [0.2, 0.25) is 5.91 Å². The van der Waals surface area contributed by atoms with Gasteiger partial charge in [-0.25, -0.2) is 4.68 Å². The summed E-state index contributed by atoms with van der Waals surface area (Å²) in [7, 11) is 1.68. The third-order valence-corrected chi connectivity index (χ3v) is 3.89. The van der Waals surface area contributed by atoms with E-state index in [4.69, 9.17) is 4.74 Å². The first kappa shape index (κ1) is 16.9. The van der Waals surface area contributed by atoms with Crippen molar-refractivity contribution in [2.24, 2.45) is 0 Å². The number of methoxy groups -OCH3 is 1. The van der Waals surface area contributed by atoms with E-state index < -0.39 is 0 Å². The number of carbonyl (C=O) groups is 1. The van der Waals surface area contributed by atoms with Gasteiger partial charge in [0.25, 0.3) is 0 Å². The molecule has 1 amide bonds. The van der Waals surface area contributed by atoms with Gasteiger partial charge in [-0.2, -0.15) is 5.10 Å². The summed E-state index contributed by atoms with van der Waals surface area (Å²) in [4.78, 5) is 12.1. The summed E-state index contributed by atoms with van der Waals surface area (Å²) in [5.74, 6) is 0.00723. The van der Waals surface area contributed by atoms with Gasteiger partial charge < -0.3 is 10.1 Å². The first-order valence-electron chi connectivity index (χ1n) is 8.17. The number of aromatic nitrogens is 2. The molecule has 0 aliphatic heterocycles. The van der Waals surface area contributed by atoms with Crippen LogP contribution in [-0.4, -0.2) is 22.8 Å². The average Bonchev–Trinajstić information content (AvgIpc) is 3.17. The average molecular weight is 335 g/mol. The highest BCUT2D eigenvalue weighted by Crippen LogP contribution is 2.09. The van der Waals surface area contributed by atoms with Gasteiger partial charge >= 0.3 is 0 Å². The molecule has 0 spiro atoms. The normalized spacial score (nSPS) is 10.6. The molecule has 0 atom stereocenters. The van der Waals surface area contributed by atoms with Crippen molar-refractivity contribution in [2.75, 3.05) is 7.11 Å². The standard InChI is InChI=1S/C20H21N3O2/c1-25-15-18-5-3-17(4-6-18)14-21-20(24)13-16-7-9-19(10-8-16)23-12-2-11-22-23/h2-12H,13-15H2,1H3,(H,21,24). The van der Waals surface area contributed by atoms with E-state index in [9.17, 15) is 4.79 Å². The summed E-state index contributed by atoms with van der Waals surface area (Å²) in [6.07, 6.45) is 3.99. The Morgan fingerprint density at radius 2 is 1.72 bits per heavy atom. The van der Waals surface area contributed by atoms with Gasteiger partial charge in [-0.15, -0.1) is 0 Å². The van der Waals surface area contributed by atoms with Gasteiger partial charge in [0.1, 0.15) is 0 Å². The smallest absolute Gasteiger partial charge is 0.224 e. The maximum absolute atomic E-state index is 12.1. The molecule has 25 heavy (non-hydrogen) atoms. The van der Waals surface area contributed by atoms with E-state index in [-0.39, 0.29) is 5.91 Å². The first-order chi connectivity index (χ1) is 12.2. The molecule has 5 nitrogen and oxygen atoms in total. The summed E-state index contributed by atoms with van der Waals surface area (Å²) in [5.41, 5.74) is 4.14. The van der Waals surface area contributed by atoms with E-state index in [1.807, 2.05) is 60.8 Å². The van der Waals surface area contributed by atoms with Crippen molar-refractivity contribution in [3.8, 4) is 5.69 Å². The lowest BCUT2D eigenvalue weighted by molar-refractivity contribution is -0.120. The molecule has 0 fully saturated rings. The number of ether oxygens (including phenoxy) is 1. The molecule has 1 aromatic heterocycles. The molecule has 0 bridgehead atoms. The van der Waals surface area contributed by atoms with Crippen LogP contribution < -0.4 is 5.32 Å². The van der Waals surface area contributed by atoms with Crippen molar-refractivity contribution < 1.29 is 9.53 Å². The predicted molar refractivity (Wildman–Crippen MR) is 96.3 cm³/mol.